The van der Waals surface area contributed by atoms with Gasteiger partial charge in [0.1, 0.15) is 12.1 Å². The minimum Gasteiger partial charge on any atom is -0.481 e. The van der Waals surface area contributed by atoms with E-state index >= 15 is 0 Å². The first-order valence-electron chi connectivity index (χ1n) is 12.5. The van der Waals surface area contributed by atoms with Crippen molar-refractivity contribution in [1.29, 1.82) is 0 Å². The van der Waals surface area contributed by atoms with Crippen LogP contribution in [0.1, 0.15) is 98.8 Å². The Hall–Kier alpha value is -1.23. The Bertz CT molecular complexity index is 646. The van der Waals surface area contributed by atoms with Crippen LogP contribution in [-0.4, -0.2) is 34.4 Å². The van der Waals surface area contributed by atoms with E-state index in [2.05, 4.69) is 20.8 Å². The molecule has 3 saturated carbocycles. The molecule has 31 heavy (non-hydrogen) atoms. The summed E-state index contributed by atoms with van der Waals surface area (Å²) in [7, 11) is 0. The van der Waals surface area contributed by atoms with Crippen LogP contribution >= 0.6 is 0 Å². The van der Waals surface area contributed by atoms with Crippen LogP contribution in [0.25, 0.3) is 0 Å². The van der Waals surface area contributed by atoms with Gasteiger partial charge in [-0.25, -0.2) is 0 Å². The molecule has 3 fully saturated rings. The van der Waals surface area contributed by atoms with Gasteiger partial charge in [-0.1, -0.05) is 34.6 Å². The van der Waals surface area contributed by atoms with E-state index in [-0.39, 0.29) is 35.9 Å². The molecule has 2 N–H and O–H groups in total. The van der Waals surface area contributed by atoms with E-state index in [4.69, 9.17) is 5.11 Å². The van der Waals surface area contributed by atoms with E-state index in [0.29, 0.717) is 37.0 Å². The van der Waals surface area contributed by atoms with Gasteiger partial charge in [-0.05, 0) is 80.0 Å². The second-order valence-corrected chi connectivity index (χ2v) is 10.7. The average Bonchev–Trinajstić information content (AvgIpc) is 3.08. The zero-order chi connectivity index (χ0) is 23.4. The van der Waals surface area contributed by atoms with Crippen molar-refractivity contribution in [2.45, 2.75) is 105 Å². The number of carbonyl (C=O) groups excluding carboxylic acids is 2. The lowest BCUT2D eigenvalue weighted by molar-refractivity contribution is -0.146. The quantitative estimate of drug-likeness (QED) is 0.530. The summed E-state index contributed by atoms with van der Waals surface area (Å²) >= 11 is 0. The van der Waals surface area contributed by atoms with E-state index in [1.807, 2.05) is 13.8 Å². The highest BCUT2D eigenvalue weighted by atomic mass is 16.4. The van der Waals surface area contributed by atoms with Crippen molar-refractivity contribution >= 4 is 18.0 Å². The summed E-state index contributed by atoms with van der Waals surface area (Å²) in [5, 5.41) is 19.0. The Morgan fingerprint density at radius 1 is 1.13 bits per heavy atom. The summed E-state index contributed by atoms with van der Waals surface area (Å²) in [5.74, 6) is 1.12. The van der Waals surface area contributed by atoms with Gasteiger partial charge in [0.05, 0.1) is 6.10 Å². The minimum atomic E-state index is -0.731. The van der Waals surface area contributed by atoms with E-state index < -0.39 is 17.5 Å². The molecule has 5 heteroatoms. The molecule has 8 atom stereocenters. The highest BCUT2D eigenvalue weighted by Crippen LogP contribution is 2.64. The van der Waals surface area contributed by atoms with Gasteiger partial charge in [-0.3, -0.25) is 9.59 Å². The zero-order valence-electron chi connectivity index (χ0n) is 20.2. The fourth-order valence-electron chi connectivity index (χ4n) is 7.59. The first-order chi connectivity index (χ1) is 14.6. The summed E-state index contributed by atoms with van der Waals surface area (Å²) in [6, 6.07) is 0. The molecular weight excluding hydrogens is 392 g/mol. The molecule has 0 heterocycles. The number of fused-ring (bicyclic) bond motifs is 1. The molecule has 0 amide bonds. The topological polar surface area (TPSA) is 91.7 Å². The third kappa shape index (κ3) is 5.07. The standard InChI is InChI=1S/C24H38O5.C2H6/c1-15(4-7-22(28)29)18-5-6-19-17(10-13-25)20(9-12-23(18,19)2)24(3)11-8-16(26)14-21(24)27;1-2/h13,15-20,26H,4-12,14H2,1-3H3,(H,28,29);1-2H3/t15-,16+,17?,18-,19?,20?,23-,24-;/m1./s1. The lowest BCUT2D eigenvalue weighted by Crippen LogP contribution is -2.51. The van der Waals surface area contributed by atoms with Crippen LogP contribution < -0.4 is 0 Å². The second-order valence-electron chi connectivity index (χ2n) is 10.7. The third-order valence-corrected chi connectivity index (χ3v) is 9.25. The highest BCUT2D eigenvalue weighted by Gasteiger charge is 2.58. The van der Waals surface area contributed by atoms with Gasteiger partial charge in [0.2, 0.25) is 0 Å². The SMILES string of the molecule is CC.C[C@H](CCC(=O)O)[C@H]1CCC2C(CC=O)C([C@@]3(C)CC[C@H](O)CC3=O)CC[C@@]21C. The third-order valence-electron chi connectivity index (χ3n) is 9.25. The van der Waals surface area contributed by atoms with E-state index in [0.717, 1.165) is 38.4 Å². The van der Waals surface area contributed by atoms with Crippen LogP contribution in [0.3, 0.4) is 0 Å². The Morgan fingerprint density at radius 2 is 1.81 bits per heavy atom. The molecule has 3 unspecified atom stereocenters. The molecule has 0 radical (unpaired) electrons. The van der Waals surface area contributed by atoms with Crippen molar-refractivity contribution in [2.75, 3.05) is 0 Å². The predicted molar refractivity (Wildman–Crippen MR) is 122 cm³/mol. The summed E-state index contributed by atoms with van der Waals surface area (Å²) in [6.45, 7) is 10.6. The number of aliphatic hydroxyl groups excluding tert-OH is 1. The number of carbonyl (C=O) groups is 3. The fraction of sp³-hybridized carbons (Fsp3) is 0.885. The lowest BCUT2D eigenvalue weighted by Gasteiger charge is -2.54. The van der Waals surface area contributed by atoms with Crippen molar-refractivity contribution in [1.82, 2.24) is 0 Å². The predicted octanol–water partition coefficient (Wildman–Crippen LogP) is 5.28. The van der Waals surface area contributed by atoms with Gasteiger partial charge < -0.3 is 15.0 Å². The highest BCUT2D eigenvalue weighted by molar-refractivity contribution is 5.86. The molecular formula is C26H44O5. The lowest BCUT2D eigenvalue weighted by atomic mass is 9.49. The monoisotopic (exact) mass is 436 g/mol. The number of ketones is 1. The molecule has 3 aliphatic carbocycles. The summed E-state index contributed by atoms with van der Waals surface area (Å²) in [4.78, 5) is 35.6. The Morgan fingerprint density at radius 3 is 2.39 bits per heavy atom. The number of aliphatic hydroxyl groups is 1. The molecule has 0 aromatic heterocycles. The summed E-state index contributed by atoms with van der Waals surface area (Å²) in [6.07, 6.45) is 7.75. The molecule has 0 aromatic rings. The zero-order valence-corrected chi connectivity index (χ0v) is 20.2. The van der Waals surface area contributed by atoms with Crippen molar-refractivity contribution in [3.8, 4) is 0 Å². The molecule has 3 rings (SSSR count). The fourth-order valence-corrected chi connectivity index (χ4v) is 7.59. The van der Waals surface area contributed by atoms with Gasteiger partial charge >= 0.3 is 5.97 Å². The molecule has 0 saturated heterocycles. The van der Waals surface area contributed by atoms with Crippen LogP contribution in [0.2, 0.25) is 0 Å². The number of hydrogen-bond acceptors (Lipinski definition) is 4. The molecule has 0 bridgehead atoms. The number of aliphatic carboxylic acids is 1. The van der Waals surface area contributed by atoms with Crippen LogP contribution in [0.15, 0.2) is 0 Å². The molecule has 0 spiro atoms. The van der Waals surface area contributed by atoms with E-state index in [9.17, 15) is 19.5 Å². The van der Waals surface area contributed by atoms with Crippen LogP contribution in [0.5, 0.6) is 0 Å². The summed E-state index contributed by atoms with van der Waals surface area (Å²) in [5.41, 5.74) is -0.309. The number of carboxylic acids is 1. The first-order valence-corrected chi connectivity index (χ1v) is 12.5. The van der Waals surface area contributed by atoms with Gasteiger partial charge in [-0.15, -0.1) is 0 Å². The molecule has 5 nitrogen and oxygen atoms in total. The van der Waals surface area contributed by atoms with E-state index in [1.54, 1.807) is 0 Å². The normalized spacial score (nSPS) is 41.0. The number of hydrogen-bond donors (Lipinski definition) is 2. The molecule has 3 aliphatic rings. The first kappa shape index (κ1) is 26.0. The maximum absolute atomic E-state index is 13.0. The second kappa shape index (κ2) is 10.6. The Kier molecular flexibility index (Phi) is 8.89. The molecule has 0 aliphatic heterocycles. The van der Waals surface area contributed by atoms with Crippen molar-refractivity contribution < 1.29 is 24.6 Å². The van der Waals surface area contributed by atoms with Crippen molar-refractivity contribution in [3.63, 3.8) is 0 Å². The van der Waals surface area contributed by atoms with Crippen molar-refractivity contribution in [2.24, 2.45) is 40.4 Å². The van der Waals surface area contributed by atoms with Crippen LogP contribution in [-0.2, 0) is 14.4 Å². The summed E-state index contributed by atoms with van der Waals surface area (Å²) < 4.78 is 0. The maximum atomic E-state index is 13.0. The number of Topliss-reactive ketones (excluding diaryl/α,β-unsaturated/α-hetero) is 1. The van der Waals surface area contributed by atoms with Crippen LogP contribution in [0, 0.1) is 40.4 Å². The number of aldehydes is 1. The Labute approximate surface area is 188 Å². The van der Waals surface area contributed by atoms with Gasteiger partial charge in [0, 0.05) is 24.7 Å². The number of rotatable bonds is 7. The molecule has 0 aromatic carbocycles. The Balaban J connectivity index is 0.00000166. The van der Waals surface area contributed by atoms with Crippen LogP contribution in [0.4, 0.5) is 0 Å². The van der Waals surface area contributed by atoms with Gasteiger partial charge in [0.15, 0.2) is 0 Å². The smallest absolute Gasteiger partial charge is 0.303 e. The molecule has 178 valence electrons. The minimum absolute atomic E-state index is 0.121. The average molecular weight is 437 g/mol. The van der Waals surface area contributed by atoms with Gasteiger partial charge in [-0.2, -0.15) is 0 Å². The van der Waals surface area contributed by atoms with Gasteiger partial charge in [0.25, 0.3) is 0 Å². The van der Waals surface area contributed by atoms with Crippen molar-refractivity contribution in [3.05, 3.63) is 0 Å². The maximum Gasteiger partial charge on any atom is 0.303 e. The largest absolute Gasteiger partial charge is 0.481 e. The van der Waals surface area contributed by atoms with E-state index in [1.165, 1.54) is 0 Å². The number of carboxylic acid groups (broad SMARTS) is 1.